The number of carboxylic acids is 1. The number of carbonyl (C=O) groups is 3. The van der Waals surface area contributed by atoms with E-state index in [-0.39, 0.29) is 5.71 Å². The Morgan fingerprint density at radius 2 is 2.09 bits per heavy atom. The Kier molecular flexibility index (Phi) is 4.70. The highest BCUT2D eigenvalue weighted by Crippen LogP contribution is 2.24. The zero-order valence-electron chi connectivity index (χ0n) is 12.3. The van der Waals surface area contributed by atoms with Gasteiger partial charge >= 0.3 is 5.97 Å². The topological polar surface area (TPSA) is 107 Å². The highest BCUT2D eigenvalue weighted by atomic mass is 16.4. The number of aryl methyl sites for hydroxylation is 2. The third-order valence-electron chi connectivity index (χ3n) is 3.79. The molecular formula is C16H18N2O4. The normalized spacial score (nSPS) is 17.6. The number of rotatable bonds is 4. The highest BCUT2D eigenvalue weighted by molar-refractivity contribution is 6.25. The summed E-state index contributed by atoms with van der Waals surface area (Å²) in [5.74, 6) is -3.56. The first-order chi connectivity index (χ1) is 10.4. The number of ketones is 1. The lowest BCUT2D eigenvalue weighted by Crippen LogP contribution is -2.41. The lowest BCUT2D eigenvalue weighted by atomic mass is 9.92. The second-order valence-electron chi connectivity index (χ2n) is 5.28. The van der Waals surface area contributed by atoms with Gasteiger partial charge in [-0.3, -0.25) is 14.4 Å². The number of carboxylic acid groups (broad SMARTS) is 1. The molecule has 0 spiro atoms. The molecule has 0 heterocycles. The fourth-order valence-corrected chi connectivity index (χ4v) is 2.58. The van der Waals surface area contributed by atoms with Crippen LogP contribution in [0.4, 0.5) is 0 Å². The van der Waals surface area contributed by atoms with Gasteiger partial charge in [0, 0.05) is 11.3 Å². The summed E-state index contributed by atoms with van der Waals surface area (Å²) >= 11 is 0. The second kappa shape index (κ2) is 6.51. The number of nitrogens with one attached hydrogen (secondary N) is 2. The molecule has 0 radical (unpaired) electrons. The molecule has 0 saturated carbocycles. The van der Waals surface area contributed by atoms with E-state index >= 15 is 0 Å². The molecule has 3 N–H and O–H groups in total. The van der Waals surface area contributed by atoms with Crippen molar-refractivity contribution in [2.75, 3.05) is 6.54 Å². The van der Waals surface area contributed by atoms with Crippen molar-refractivity contribution in [2.45, 2.75) is 26.2 Å². The molecule has 116 valence electrons. The molecule has 0 fully saturated rings. The van der Waals surface area contributed by atoms with Gasteiger partial charge in [0.05, 0.1) is 0 Å². The van der Waals surface area contributed by atoms with Gasteiger partial charge in [-0.25, -0.2) is 0 Å². The van der Waals surface area contributed by atoms with Gasteiger partial charge in [-0.05, 0) is 30.4 Å². The number of benzene rings is 1. The maximum Gasteiger partial charge on any atom is 0.322 e. The van der Waals surface area contributed by atoms with Crippen LogP contribution in [0.25, 0.3) is 0 Å². The molecule has 2 rings (SSSR count). The van der Waals surface area contributed by atoms with E-state index in [0.29, 0.717) is 18.4 Å². The molecule has 1 atom stereocenters. The maximum atomic E-state index is 12.6. The fourth-order valence-electron chi connectivity index (χ4n) is 2.58. The largest absolute Gasteiger partial charge is 0.480 e. The van der Waals surface area contributed by atoms with Crippen molar-refractivity contribution in [3.8, 4) is 0 Å². The monoisotopic (exact) mass is 302 g/mol. The first kappa shape index (κ1) is 15.9. The number of carbonyl (C=O) groups excluding carboxylic acids is 2. The van der Waals surface area contributed by atoms with Crippen molar-refractivity contribution in [3.63, 3.8) is 0 Å². The number of amides is 1. The van der Waals surface area contributed by atoms with Crippen LogP contribution in [0.1, 0.15) is 34.8 Å². The van der Waals surface area contributed by atoms with Crippen molar-refractivity contribution < 1.29 is 19.5 Å². The second-order valence-corrected chi connectivity index (χ2v) is 5.28. The SMILES string of the molecule is CCc1ccc2c(c1)CCC(=N)C(C(=O)NCC(=O)O)C2=O. The first-order valence-electron chi connectivity index (χ1n) is 7.16. The summed E-state index contributed by atoms with van der Waals surface area (Å²) in [6.07, 6.45) is 1.70. The van der Waals surface area contributed by atoms with Crippen LogP contribution < -0.4 is 5.32 Å². The average molecular weight is 302 g/mol. The van der Waals surface area contributed by atoms with E-state index in [1.165, 1.54) is 0 Å². The number of hydrogen-bond acceptors (Lipinski definition) is 4. The molecule has 1 aromatic carbocycles. The van der Waals surface area contributed by atoms with Crippen molar-refractivity contribution >= 4 is 23.4 Å². The summed E-state index contributed by atoms with van der Waals surface area (Å²) < 4.78 is 0. The molecule has 0 bridgehead atoms. The third-order valence-corrected chi connectivity index (χ3v) is 3.79. The molecular weight excluding hydrogens is 284 g/mol. The van der Waals surface area contributed by atoms with Crippen LogP contribution >= 0.6 is 0 Å². The maximum absolute atomic E-state index is 12.6. The Bertz CT molecular complexity index is 652. The average Bonchev–Trinajstić information content (AvgIpc) is 2.61. The van der Waals surface area contributed by atoms with Crippen LogP contribution in [-0.2, 0) is 22.4 Å². The van der Waals surface area contributed by atoms with Crippen molar-refractivity contribution in [2.24, 2.45) is 5.92 Å². The summed E-state index contributed by atoms with van der Waals surface area (Å²) in [6.45, 7) is 1.46. The highest BCUT2D eigenvalue weighted by Gasteiger charge is 2.35. The minimum Gasteiger partial charge on any atom is -0.480 e. The Hall–Kier alpha value is -2.50. The minimum atomic E-state index is -1.23. The fraction of sp³-hybridized carbons (Fsp3) is 0.375. The number of hydrogen-bond donors (Lipinski definition) is 3. The molecule has 1 amide bonds. The van der Waals surface area contributed by atoms with Gasteiger partial charge in [0.25, 0.3) is 0 Å². The van der Waals surface area contributed by atoms with Gasteiger partial charge in [0.15, 0.2) is 5.78 Å². The third kappa shape index (κ3) is 3.21. The quantitative estimate of drug-likeness (QED) is 0.574. The summed E-state index contributed by atoms with van der Waals surface area (Å²) in [6, 6.07) is 5.49. The van der Waals surface area contributed by atoms with Crippen LogP contribution in [-0.4, -0.2) is 35.0 Å². The summed E-state index contributed by atoms with van der Waals surface area (Å²) in [4.78, 5) is 35.2. The number of aliphatic carboxylic acids is 1. The minimum absolute atomic E-state index is 0.0298. The predicted octanol–water partition coefficient (Wildman–Crippen LogP) is 1.21. The number of Topliss-reactive ketones (excluding diaryl/α,β-unsaturated/α-hetero) is 1. The van der Waals surface area contributed by atoms with E-state index < -0.39 is 30.1 Å². The zero-order chi connectivity index (χ0) is 16.3. The Morgan fingerprint density at radius 1 is 1.36 bits per heavy atom. The van der Waals surface area contributed by atoms with Gasteiger partial charge in [-0.2, -0.15) is 0 Å². The van der Waals surface area contributed by atoms with E-state index in [0.717, 1.165) is 17.5 Å². The van der Waals surface area contributed by atoms with E-state index in [4.69, 9.17) is 10.5 Å². The van der Waals surface area contributed by atoms with Gasteiger partial charge in [-0.1, -0.05) is 25.1 Å². The standard InChI is InChI=1S/C16H18N2O4/c1-2-9-3-5-11-10(7-9)4-6-12(17)14(15(11)21)16(22)18-8-13(19)20/h3,5,7,14,17H,2,4,6,8H2,1H3,(H,18,22)(H,19,20). The smallest absolute Gasteiger partial charge is 0.322 e. The predicted molar refractivity (Wildman–Crippen MR) is 80.3 cm³/mol. The molecule has 22 heavy (non-hydrogen) atoms. The van der Waals surface area contributed by atoms with E-state index in [1.54, 1.807) is 6.07 Å². The molecule has 0 aliphatic heterocycles. The molecule has 1 aliphatic carbocycles. The molecule has 0 aromatic heterocycles. The van der Waals surface area contributed by atoms with Crippen LogP contribution in [0.5, 0.6) is 0 Å². The molecule has 1 aliphatic rings. The van der Waals surface area contributed by atoms with Crippen LogP contribution in [0.2, 0.25) is 0 Å². The van der Waals surface area contributed by atoms with Gasteiger partial charge in [0.1, 0.15) is 12.5 Å². The van der Waals surface area contributed by atoms with Crippen molar-refractivity contribution in [3.05, 3.63) is 34.9 Å². The van der Waals surface area contributed by atoms with Gasteiger partial charge in [-0.15, -0.1) is 0 Å². The molecule has 6 nitrogen and oxygen atoms in total. The van der Waals surface area contributed by atoms with Gasteiger partial charge < -0.3 is 15.8 Å². The molecule has 1 aromatic rings. The van der Waals surface area contributed by atoms with Crippen LogP contribution in [0, 0.1) is 11.3 Å². The Labute approximate surface area is 128 Å². The van der Waals surface area contributed by atoms with E-state index in [2.05, 4.69) is 5.32 Å². The lowest BCUT2D eigenvalue weighted by Gasteiger charge is -2.14. The molecule has 6 heteroatoms. The zero-order valence-corrected chi connectivity index (χ0v) is 12.3. The van der Waals surface area contributed by atoms with Crippen LogP contribution in [0.15, 0.2) is 18.2 Å². The van der Waals surface area contributed by atoms with E-state index in [1.807, 2.05) is 19.1 Å². The lowest BCUT2D eigenvalue weighted by molar-refractivity contribution is -0.138. The van der Waals surface area contributed by atoms with Crippen molar-refractivity contribution in [1.29, 1.82) is 5.41 Å². The number of fused-ring (bicyclic) bond motifs is 1. The Morgan fingerprint density at radius 3 is 2.73 bits per heavy atom. The molecule has 1 unspecified atom stereocenters. The van der Waals surface area contributed by atoms with E-state index in [9.17, 15) is 14.4 Å². The Balaban J connectivity index is 2.31. The van der Waals surface area contributed by atoms with Crippen molar-refractivity contribution in [1.82, 2.24) is 5.32 Å². The van der Waals surface area contributed by atoms with Crippen LogP contribution in [0.3, 0.4) is 0 Å². The summed E-state index contributed by atoms with van der Waals surface area (Å²) in [5, 5.41) is 18.8. The van der Waals surface area contributed by atoms with Gasteiger partial charge in [0.2, 0.25) is 5.91 Å². The molecule has 0 saturated heterocycles. The summed E-state index contributed by atoms with van der Waals surface area (Å²) in [5.41, 5.74) is 2.44. The first-order valence-corrected chi connectivity index (χ1v) is 7.16. The summed E-state index contributed by atoms with van der Waals surface area (Å²) in [7, 11) is 0.